The van der Waals surface area contributed by atoms with Crippen molar-refractivity contribution in [2.75, 3.05) is 0 Å². The van der Waals surface area contributed by atoms with Gasteiger partial charge in [-0.15, -0.1) is 0 Å². The first-order valence-corrected chi connectivity index (χ1v) is 6.20. The number of benzene rings is 1. The lowest BCUT2D eigenvalue weighted by Gasteiger charge is -2.17. The topological polar surface area (TPSA) is 12.4 Å². The maximum atomic E-state index is 14.3. The minimum Gasteiger partial charge on any atom is -0.254 e. The molecule has 0 amide bonds. The molecule has 17 heavy (non-hydrogen) atoms. The van der Waals surface area contributed by atoms with Gasteiger partial charge in [-0.05, 0) is 17.0 Å². The van der Waals surface area contributed by atoms with Crippen LogP contribution in [0, 0.1) is 11.2 Å². The van der Waals surface area contributed by atoms with E-state index in [0.29, 0.717) is 5.69 Å². The molecule has 0 unspecified atom stereocenters. The summed E-state index contributed by atoms with van der Waals surface area (Å²) in [5.74, 6) is 0.0749. The Labute approximate surface area is 103 Å². The highest BCUT2D eigenvalue weighted by Crippen LogP contribution is 2.37. The van der Waals surface area contributed by atoms with Crippen molar-refractivity contribution >= 4 is 11.4 Å². The molecule has 1 heterocycles. The number of nitrogens with zero attached hydrogens (tertiary/aromatic N) is 1. The third-order valence-corrected chi connectivity index (χ3v) is 3.32. The van der Waals surface area contributed by atoms with Crippen LogP contribution in [0.1, 0.15) is 51.7 Å². The van der Waals surface area contributed by atoms with Gasteiger partial charge in [0, 0.05) is 17.5 Å². The van der Waals surface area contributed by atoms with Gasteiger partial charge in [0.15, 0.2) is 5.82 Å². The Bertz CT molecular complexity index is 478. The highest BCUT2D eigenvalue weighted by atomic mass is 19.1. The molecular weight excluding hydrogens is 213 g/mol. The zero-order valence-electron chi connectivity index (χ0n) is 11.3. The number of rotatable bonds is 1. The third-order valence-electron chi connectivity index (χ3n) is 3.32. The van der Waals surface area contributed by atoms with E-state index in [1.165, 1.54) is 0 Å². The van der Waals surface area contributed by atoms with Crippen LogP contribution in [0.2, 0.25) is 0 Å². The zero-order chi connectivity index (χ0) is 12.8. The van der Waals surface area contributed by atoms with Gasteiger partial charge in [-0.2, -0.15) is 0 Å². The lowest BCUT2D eigenvalue weighted by atomic mass is 9.87. The summed E-state index contributed by atoms with van der Waals surface area (Å²) in [6.45, 7) is 10.4. The quantitative estimate of drug-likeness (QED) is 0.671. The molecule has 1 aliphatic rings. The molecule has 0 fully saturated rings. The van der Waals surface area contributed by atoms with Crippen LogP contribution >= 0.6 is 0 Å². The van der Waals surface area contributed by atoms with E-state index in [4.69, 9.17) is 0 Å². The predicted molar refractivity (Wildman–Crippen MR) is 70.7 cm³/mol. The number of hydrogen-bond donors (Lipinski definition) is 0. The average Bonchev–Trinajstić information content (AvgIpc) is 2.61. The molecule has 0 radical (unpaired) electrons. The Morgan fingerprint density at radius 2 is 1.88 bits per heavy atom. The van der Waals surface area contributed by atoms with E-state index in [0.717, 1.165) is 23.3 Å². The van der Waals surface area contributed by atoms with Crippen LogP contribution < -0.4 is 0 Å². The fourth-order valence-electron chi connectivity index (χ4n) is 2.12. The molecule has 0 saturated carbocycles. The summed E-state index contributed by atoms with van der Waals surface area (Å²) >= 11 is 0. The molecular formula is C15H20FN. The summed E-state index contributed by atoms with van der Waals surface area (Å²) in [6.07, 6.45) is 0.786. The molecule has 0 N–H and O–H groups in total. The molecule has 1 aromatic carbocycles. The van der Waals surface area contributed by atoms with Crippen molar-refractivity contribution in [2.45, 2.75) is 47.0 Å². The van der Waals surface area contributed by atoms with Crippen LogP contribution in [-0.2, 0) is 6.42 Å². The van der Waals surface area contributed by atoms with Crippen LogP contribution in [0.25, 0.3) is 0 Å². The Kier molecular flexibility index (Phi) is 2.84. The number of halogens is 1. The molecule has 2 heteroatoms. The second kappa shape index (κ2) is 3.94. The summed E-state index contributed by atoms with van der Waals surface area (Å²) in [7, 11) is 0. The molecule has 0 aliphatic carbocycles. The predicted octanol–water partition coefficient (Wildman–Crippen LogP) is 4.62. The van der Waals surface area contributed by atoms with Gasteiger partial charge in [0.05, 0.1) is 0 Å². The zero-order valence-corrected chi connectivity index (χ0v) is 11.3. The lowest BCUT2D eigenvalue weighted by molar-refractivity contribution is 0.584. The van der Waals surface area contributed by atoms with Crippen molar-refractivity contribution in [3.8, 4) is 0 Å². The van der Waals surface area contributed by atoms with Crippen molar-refractivity contribution in [2.24, 2.45) is 10.4 Å². The van der Waals surface area contributed by atoms with Crippen molar-refractivity contribution in [3.63, 3.8) is 0 Å². The molecule has 0 aromatic heterocycles. The highest BCUT2D eigenvalue weighted by Gasteiger charge is 2.27. The van der Waals surface area contributed by atoms with E-state index in [1.807, 2.05) is 26.0 Å². The van der Waals surface area contributed by atoms with Gasteiger partial charge in [0.1, 0.15) is 5.69 Å². The highest BCUT2D eigenvalue weighted by molar-refractivity contribution is 5.97. The van der Waals surface area contributed by atoms with Gasteiger partial charge < -0.3 is 0 Å². The Hall–Kier alpha value is -1.18. The fraction of sp³-hybridized carbons (Fsp3) is 0.533. The van der Waals surface area contributed by atoms with Gasteiger partial charge in [0.25, 0.3) is 0 Å². The smallest absolute Gasteiger partial charge is 0.152 e. The number of hydrogen-bond acceptors (Lipinski definition) is 1. The summed E-state index contributed by atoms with van der Waals surface area (Å²) < 4.78 is 14.3. The Morgan fingerprint density at radius 1 is 1.24 bits per heavy atom. The minimum atomic E-state index is -0.128. The van der Waals surface area contributed by atoms with E-state index in [2.05, 4.69) is 25.8 Å². The van der Waals surface area contributed by atoms with Crippen LogP contribution in [0.5, 0.6) is 0 Å². The first kappa shape index (κ1) is 12.3. The van der Waals surface area contributed by atoms with E-state index in [1.54, 1.807) is 0 Å². The van der Waals surface area contributed by atoms with Gasteiger partial charge in [-0.25, -0.2) is 4.39 Å². The summed E-state index contributed by atoms with van der Waals surface area (Å²) in [5.41, 5.74) is 3.46. The Morgan fingerprint density at radius 3 is 2.41 bits per heavy atom. The normalized spacial score (nSPS) is 15.1. The van der Waals surface area contributed by atoms with Crippen LogP contribution in [0.3, 0.4) is 0 Å². The lowest BCUT2D eigenvalue weighted by Crippen LogP contribution is -2.19. The van der Waals surface area contributed by atoms with Crippen molar-refractivity contribution in [1.82, 2.24) is 0 Å². The van der Waals surface area contributed by atoms with E-state index in [9.17, 15) is 4.39 Å². The minimum absolute atomic E-state index is 0.0173. The average molecular weight is 233 g/mol. The van der Waals surface area contributed by atoms with Crippen molar-refractivity contribution < 1.29 is 4.39 Å². The SMILES string of the molecule is CC(C)c1ccc2c(c1F)N=C(C(C)(C)C)C2. The molecule has 1 nitrogen and oxygen atoms in total. The maximum Gasteiger partial charge on any atom is 0.152 e. The molecule has 0 spiro atoms. The fourth-order valence-corrected chi connectivity index (χ4v) is 2.12. The molecule has 2 rings (SSSR count). The van der Waals surface area contributed by atoms with Gasteiger partial charge in [0.2, 0.25) is 0 Å². The van der Waals surface area contributed by atoms with E-state index < -0.39 is 0 Å². The molecule has 0 bridgehead atoms. The standard InChI is InChI=1S/C15H20FN/c1-9(2)11-7-6-10-8-12(15(3,4)5)17-14(10)13(11)16/h6-7,9H,8H2,1-5H3. The monoisotopic (exact) mass is 233 g/mol. The van der Waals surface area contributed by atoms with Gasteiger partial charge >= 0.3 is 0 Å². The largest absolute Gasteiger partial charge is 0.254 e. The molecule has 92 valence electrons. The summed E-state index contributed by atoms with van der Waals surface area (Å²) in [4.78, 5) is 4.51. The second-order valence-corrected chi connectivity index (χ2v) is 6.12. The number of aliphatic imine (C=N–C) groups is 1. The van der Waals surface area contributed by atoms with Gasteiger partial charge in [-0.3, -0.25) is 4.99 Å². The first-order chi connectivity index (χ1) is 7.80. The molecule has 0 saturated heterocycles. The molecule has 0 atom stereocenters. The van der Waals surface area contributed by atoms with Crippen molar-refractivity contribution in [1.29, 1.82) is 0 Å². The number of fused-ring (bicyclic) bond motifs is 1. The van der Waals surface area contributed by atoms with Crippen LogP contribution in [-0.4, -0.2) is 5.71 Å². The summed E-state index contributed by atoms with van der Waals surface area (Å²) in [5, 5.41) is 0. The third kappa shape index (κ3) is 2.13. The maximum absolute atomic E-state index is 14.3. The second-order valence-electron chi connectivity index (χ2n) is 6.12. The van der Waals surface area contributed by atoms with E-state index in [-0.39, 0.29) is 17.2 Å². The van der Waals surface area contributed by atoms with Crippen molar-refractivity contribution in [3.05, 3.63) is 29.1 Å². The van der Waals surface area contributed by atoms with E-state index >= 15 is 0 Å². The summed E-state index contributed by atoms with van der Waals surface area (Å²) in [6, 6.07) is 3.93. The molecule has 1 aliphatic heterocycles. The molecule has 1 aromatic rings. The first-order valence-electron chi connectivity index (χ1n) is 6.20. The van der Waals surface area contributed by atoms with Crippen LogP contribution in [0.15, 0.2) is 17.1 Å². The van der Waals surface area contributed by atoms with Gasteiger partial charge in [-0.1, -0.05) is 46.8 Å². The van der Waals surface area contributed by atoms with Crippen LogP contribution in [0.4, 0.5) is 10.1 Å². The Balaban J connectivity index is 2.49.